The van der Waals surface area contributed by atoms with E-state index in [9.17, 15) is 29.6 Å². The standard InChI is InChI=1S/C26H36N8O6/c1-15(2)22(33-23(36)20(27)4-3-13-30-26(28)29)25(38)32-21(14-16-5-11-19(35)12-6-16)24(37)31-17-7-9-18(10-8-17)34(39)40/h5-12,15,20-22,35H,3-4,13-14,27H2,1-2H3,(H,31,37)(H,32,38)(H,33,36)(H4,28,29,30). The highest BCUT2D eigenvalue weighted by Gasteiger charge is 2.30. The van der Waals surface area contributed by atoms with Gasteiger partial charge >= 0.3 is 0 Å². The molecular formula is C26H36N8O6. The van der Waals surface area contributed by atoms with E-state index < -0.39 is 40.8 Å². The lowest BCUT2D eigenvalue weighted by Crippen LogP contribution is -2.57. The summed E-state index contributed by atoms with van der Waals surface area (Å²) in [4.78, 5) is 53.4. The highest BCUT2D eigenvalue weighted by atomic mass is 16.6. The van der Waals surface area contributed by atoms with Crippen LogP contribution in [-0.4, -0.2) is 58.4 Å². The van der Waals surface area contributed by atoms with Crippen LogP contribution in [0.4, 0.5) is 11.4 Å². The molecule has 3 amide bonds. The summed E-state index contributed by atoms with van der Waals surface area (Å²) in [6, 6.07) is 8.38. The molecule has 2 aromatic carbocycles. The topological polar surface area (TPSA) is 241 Å². The maximum Gasteiger partial charge on any atom is 0.269 e. The summed E-state index contributed by atoms with van der Waals surface area (Å²) < 4.78 is 0. The third-order valence-corrected chi connectivity index (χ3v) is 5.91. The van der Waals surface area contributed by atoms with Crippen molar-refractivity contribution in [3.8, 4) is 5.75 Å². The van der Waals surface area contributed by atoms with Crippen LogP contribution in [0.2, 0.25) is 0 Å². The van der Waals surface area contributed by atoms with Crippen molar-refractivity contribution in [2.45, 2.75) is 51.2 Å². The highest BCUT2D eigenvalue weighted by Crippen LogP contribution is 2.17. The Bertz CT molecular complexity index is 1200. The van der Waals surface area contributed by atoms with Gasteiger partial charge in [-0.05, 0) is 48.6 Å². The molecule has 0 aliphatic rings. The fourth-order valence-electron chi connectivity index (χ4n) is 3.68. The van der Waals surface area contributed by atoms with Crippen molar-refractivity contribution < 1.29 is 24.4 Å². The molecule has 0 bridgehead atoms. The van der Waals surface area contributed by atoms with E-state index >= 15 is 0 Å². The maximum absolute atomic E-state index is 13.3. The molecule has 0 fully saturated rings. The highest BCUT2D eigenvalue weighted by molar-refractivity contribution is 5.99. The molecule has 0 saturated carbocycles. The van der Waals surface area contributed by atoms with Gasteiger partial charge in [0.15, 0.2) is 5.96 Å². The second kappa shape index (κ2) is 15.0. The Kier molecular flexibility index (Phi) is 11.8. The summed E-state index contributed by atoms with van der Waals surface area (Å²) in [5, 5.41) is 28.5. The van der Waals surface area contributed by atoms with E-state index in [-0.39, 0.29) is 36.2 Å². The van der Waals surface area contributed by atoms with Crippen LogP contribution in [0, 0.1) is 16.0 Å². The molecule has 0 aliphatic carbocycles. The molecule has 0 aromatic heterocycles. The van der Waals surface area contributed by atoms with E-state index in [4.69, 9.17) is 17.2 Å². The Morgan fingerprint density at radius 2 is 1.60 bits per heavy atom. The van der Waals surface area contributed by atoms with Crippen LogP contribution in [0.1, 0.15) is 32.3 Å². The summed E-state index contributed by atoms with van der Waals surface area (Å²) in [5.74, 6) is -2.08. The number of anilines is 1. The van der Waals surface area contributed by atoms with E-state index in [0.29, 0.717) is 24.2 Å². The number of aromatic hydroxyl groups is 1. The van der Waals surface area contributed by atoms with Crippen molar-refractivity contribution in [1.82, 2.24) is 10.6 Å². The predicted molar refractivity (Wildman–Crippen MR) is 150 cm³/mol. The van der Waals surface area contributed by atoms with E-state index in [2.05, 4.69) is 20.9 Å². The summed E-state index contributed by atoms with van der Waals surface area (Å²) in [6.45, 7) is 3.78. The molecule has 40 heavy (non-hydrogen) atoms. The molecule has 0 spiro atoms. The lowest BCUT2D eigenvalue weighted by molar-refractivity contribution is -0.384. The predicted octanol–water partition coefficient (Wildman–Crippen LogP) is 0.488. The number of benzene rings is 2. The van der Waals surface area contributed by atoms with Crippen LogP contribution < -0.4 is 33.2 Å². The van der Waals surface area contributed by atoms with Crippen LogP contribution in [0.25, 0.3) is 0 Å². The molecule has 0 radical (unpaired) electrons. The Morgan fingerprint density at radius 1 is 0.975 bits per heavy atom. The van der Waals surface area contributed by atoms with E-state index in [0.717, 1.165) is 0 Å². The van der Waals surface area contributed by atoms with E-state index in [1.54, 1.807) is 26.0 Å². The van der Waals surface area contributed by atoms with Crippen LogP contribution in [0.5, 0.6) is 5.75 Å². The molecule has 0 saturated heterocycles. The largest absolute Gasteiger partial charge is 0.508 e. The van der Waals surface area contributed by atoms with Crippen molar-refractivity contribution in [2.24, 2.45) is 28.1 Å². The zero-order chi connectivity index (χ0) is 29.8. The quantitative estimate of drug-likeness (QED) is 0.0562. The number of rotatable bonds is 14. The summed E-state index contributed by atoms with van der Waals surface area (Å²) in [7, 11) is 0. The van der Waals surface area contributed by atoms with Crippen molar-refractivity contribution in [3.63, 3.8) is 0 Å². The normalized spacial score (nSPS) is 13.0. The van der Waals surface area contributed by atoms with E-state index in [1.807, 2.05) is 0 Å². The molecule has 2 aromatic rings. The molecule has 3 atom stereocenters. The number of aliphatic imine (C=N–C) groups is 1. The number of non-ortho nitro benzene ring substituents is 1. The molecule has 10 N–H and O–H groups in total. The van der Waals surface area contributed by atoms with Crippen molar-refractivity contribution in [2.75, 3.05) is 11.9 Å². The number of hydrogen-bond donors (Lipinski definition) is 7. The first kappa shape index (κ1) is 31.5. The van der Waals surface area contributed by atoms with Gasteiger partial charge in [0.25, 0.3) is 5.69 Å². The van der Waals surface area contributed by atoms with Crippen LogP contribution in [0.3, 0.4) is 0 Å². The number of phenols is 1. The SMILES string of the molecule is CC(C)C(NC(=O)C(N)CCCN=C(N)N)C(=O)NC(Cc1ccc(O)cc1)C(=O)Nc1ccc([N+](=O)[O-])cc1. The van der Waals surface area contributed by atoms with Gasteiger partial charge in [-0.3, -0.25) is 29.5 Å². The lowest BCUT2D eigenvalue weighted by Gasteiger charge is -2.26. The third kappa shape index (κ3) is 10.2. The Labute approximate surface area is 231 Å². The van der Waals surface area contributed by atoms with Gasteiger partial charge in [0, 0.05) is 30.8 Å². The van der Waals surface area contributed by atoms with Crippen LogP contribution in [-0.2, 0) is 20.8 Å². The second-order valence-electron chi connectivity index (χ2n) is 9.51. The van der Waals surface area contributed by atoms with Gasteiger partial charge in [0.2, 0.25) is 17.7 Å². The molecule has 14 nitrogen and oxygen atoms in total. The number of nitro groups is 1. The average molecular weight is 557 g/mol. The first-order chi connectivity index (χ1) is 18.9. The number of carbonyl (C=O) groups is 3. The number of nitrogens with one attached hydrogen (secondary N) is 3. The van der Waals surface area contributed by atoms with Crippen molar-refractivity contribution in [1.29, 1.82) is 0 Å². The minimum absolute atomic E-state index is 0.0388. The molecule has 3 unspecified atom stereocenters. The smallest absolute Gasteiger partial charge is 0.269 e. The first-order valence-electron chi connectivity index (χ1n) is 12.6. The Balaban J connectivity index is 2.16. The number of nitro benzene ring substituents is 1. The average Bonchev–Trinajstić information content (AvgIpc) is 2.90. The third-order valence-electron chi connectivity index (χ3n) is 5.91. The number of guanidine groups is 1. The summed E-state index contributed by atoms with van der Waals surface area (Å²) in [6.07, 6.45) is 0.812. The zero-order valence-electron chi connectivity index (χ0n) is 22.4. The monoisotopic (exact) mass is 556 g/mol. The molecule has 14 heteroatoms. The summed E-state index contributed by atoms with van der Waals surface area (Å²) in [5.41, 5.74) is 17.4. The van der Waals surface area contributed by atoms with E-state index in [1.165, 1.54) is 36.4 Å². The van der Waals surface area contributed by atoms with Gasteiger partial charge < -0.3 is 38.3 Å². The minimum Gasteiger partial charge on any atom is -0.508 e. The molecule has 0 aliphatic heterocycles. The molecule has 216 valence electrons. The number of carbonyl (C=O) groups excluding carboxylic acids is 3. The van der Waals surface area contributed by atoms with Gasteiger partial charge in [-0.15, -0.1) is 0 Å². The number of hydrogen-bond acceptors (Lipinski definition) is 8. The van der Waals surface area contributed by atoms with Gasteiger partial charge in [-0.2, -0.15) is 0 Å². The fraction of sp³-hybridized carbons (Fsp3) is 0.385. The Morgan fingerprint density at radius 3 is 2.15 bits per heavy atom. The number of amides is 3. The number of nitrogens with two attached hydrogens (primary N) is 3. The van der Waals surface area contributed by atoms with Crippen LogP contribution in [0.15, 0.2) is 53.5 Å². The first-order valence-corrected chi connectivity index (χ1v) is 12.6. The lowest BCUT2D eigenvalue weighted by atomic mass is 10.00. The van der Waals surface area contributed by atoms with Gasteiger partial charge in [-0.1, -0.05) is 26.0 Å². The molecule has 0 heterocycles. The number of phenolic OH excluding ortho intramolecular Hbond substituents is 1. The second-order valence-corrected chi connectivity index (χ2v) is 9.51. The Hall–Kier alpha value is -4.72. The fourth-order valence-corrected chi connectivity index (χ4v) is 3.68. The maximum atomic E-state index is 13.3. The zero-order valence-corrected chi connectivity index (χ0v) is 22.4. The van der Waals surface area contributed by atoms with Gasteiger partial charge in [0.05, 0.1) is 11.0 Å². The van der Waals surface area contributed by atoms with Crippen LogP contribution >= 0.6 is 0 Å². The summed E-state index contributed by atoms with van der Waals surface area (Å²) >= 11 is 0. The minimum atomic E-state index is -1.08. The number of nitrogens with zero attached hydrogens (tertiary/aromatic N) is 2. The van der Waals surface area contributed by atoms with Crippen molar-refractivity contribution >= 4 is 35.1 Å². The van der Waals surface area contributed by atoms with Crippen molar-refractivity contribution in [3.05, 3.63) is 64.2 Å². The van der Waals surface area contributed by atoms with Gasteiger partial charge in [-0.25, -0.2) is 0 Å². The molecule has 2 rings (SSSR count). The molecular weight excluding hydrogens is 520 g/mol. The van der Waals surface area contributed by atoms with Gasteiger partial charge in [0.1, 0.15) is 17.8 Å².